The first-order valence-electron chi connectivity index (χ1n) is 8.52. The monoisotopic (exact) mass is 441 g/mol. The summed E-state index contributed by atoms with van der Waals surface area (Å²) in [5.74, 6) is 0.656. The van der Waals surface area contributed by atoms with Crippen molar-refractivity contribution >= 4 is 32.8 Å². The minimum Gasteiger partial charge on any atom is -0.493 e. The Morgan fingerprint density at radius 2 is 2.04 bits per heavy atom. The summed E-state index contributed by atoms with van der Waals surface area (Å²) in [5.41, 5.74) is 1.11. The second kappa shape index (κ2) is 7.16. The number of ether oxygens (including phenoxy) is 2. The highest BCUT2D eigenvalue weighted by atomic mass is 79.9. The van der Waals surface area contributed by atoms with Gasteiger partial charge in [0.1, 0.15) is 12.2 Å². The van der Waals surface area contributed by atoms with Gasteiger partial charge < -0.3 is 19.2 Å². The van der Waals surface area contributed by atoms with Gasteiger partial charge in [0.05, 0.1) is 24.1 Å². The molecular weight excluding hydrogens is 426 g/mol. The number of rotatable bonds is 5. The minimum absolute atomic E-state index is 0.0378. The molecule has 1 N–H and O–H groups in total. The van der Waals surface area contributed by atoms with Crippen LogP contribution in [0.15, 0.2) is 62.7 Å². The van der Waals surface area contributed by atoms with Crippen molar-refractivity contribution in [3.8, 4) is 11.5 Å². The van der Waals surface area contributed by atoms with E-state index in [0.717, 1.165) is 4.47 Å². The van der Waals surface area contributed by atoms with E-state index >= 15 is 0 Å². The molecule has 1 aromatic heterocycles. The number of nitrogens with one attached hydrogen (secondary N) is 1. The van der Waals surface area contributed by atoms with Crippen LogP contribution in [0.4, 0.5) is 0 Å². The molecule has 0 bridgehead atoms. The molecule has 2 heterocycles. The predicted molar refractivity (Wildman–Crippen MR) is 108 cm³/mol. The molecule has 1 atom stereocenters. The van der Waals surface area contributed by atoms with Crippen LogP contribution >= 0.6 is 15.9 Å². The number of methoxy groups -OCH3 is 1. The second-order valence-corrected chi connectivity index (χ2v) is 7.15. The lowest BCUT2D eigenvalue weighted by Crippen LogP contribution is -2.22. The maximum Gasteiger partial charge on any atom is 0.288 e. The van der Waals surface area contributed by atoms with Crippen LogP contribution in [0.3, 0.4) is 0 Å². The third kappa shape index (κ3) is 2.97. The summed E-state index contributed by atoms with van der Waals surface area (Å²) in [6.07, 6.45) is 1.63. The van der Waals surface area contributed by atoms with Crippen molar-refractivity contribution in [2.75, 3.05) is 13.7 Å². The van der Waals surface area contributed by atoms with Crippen LogP contribution in [0.1, 0.15) is 27.7 Å². The maximum absolute atomic E-state index is 13.1. The quantitative estimate of drug-likeness (QED) is 0.606. The fourth-order valence-corrected chi connectivity index (χ4v) is 3.62. The molecule has 0 radical (unpaired) electrons. The fourth-order valence-electron chi connectivity index (χ4n) is 3.26. The lowest BCUT2D eigenvalue weighted by atomic mass is 9.99. The van der Waals surface area contributed by atoms with Gasteiger partial charge in [-0.2, -0.15) is 0 Å². The molecule has 6 nitrogen and oxygen atoms in total. The number of carbonyl (C=O) groups is 1. The molecule has 7 heteroatoms. The van der Waals surface area contributed by atoms with Gasteiger partial charge in [0.15, 0.2) is 16.9 Å². The van der Waals surface area contributed by atoms with Gasteiger partial charge >= 0.3 is 0 Å². The minimum atomic E-state index is -0.635. The van der Waals surface area contributed by atoms with Crippen LogP contribution in [0.25, 0.3) is 11.0 Å². The fraction of sp³-hybridized carbons (Fsp3) is 0.143. The Labute approximate surface area is 168 Å². The van der Waals surface area contributed by atoms with Crippen molar-refractivity contribution in [3.05, 3.63) is 80.6 Å². The third-order valence-corrected chi connectivity index (χ3v) is 5.03. The van der Waals surface area contributed by atoms with Gasteiger partial charge in [-0.15, -0.1) is 0 Å². The van der Waals surface area contributed by atoms with Gasteiger partial charge in [-0.05, 0) is 35.9 Å². The number of hydrogen-bond acceptors (Lipinski definition) is 5. The van der Waals surface area contributed by atoms with Crippen molar-refractivity contribution in [2.45, 2.75) is 6.04 Å². The van der Waals surface area contributed by atoms with Crippen LogP contribution in [0.2, 0.25) is 0 Å². The van der Waals surface area contributed by atoms with Crippen molar-refractivity contribution in [3.63, 3.8) is 0 Å². The third-order valence-electron chi connectivity index (χ3n) is 4.54. The van der Waals surface area contributed by atoms with E-state index in [1.807, 2.05) is 0 Å². The first-order chi connectivity index (χ1) is 13.5. The standard InChI is InChI=1S/C21H16BrNO5/c1-3-8-27-15-6-4-11(9-16(15)26-2)18-17-19(24)13-10-12(22)5-7-14(13)28-20(17)21(25)23-18/h3-7,9-10,18H,1,8H2,2H3,(H,23,25). The molecule has 0 fully saturated rings. The molecular formula is C21H16BrNO5. The number of amides is 1. The largest absolute Gasteiger partial charge is 0.493 e. The van der Waals surface area contributed by atoms with Gasteiger partial charge in [-0.25, -0.2) is 0 Å². The summed E-state index contributed by atoms with van der Waals surface area (Å²) in [6.45, 7) is 3.96. The van der Waals surface area contributed by atoms with Crippen LogP contribution in [0.5, 0.6) is 11.5 Å². The zero-order valence-corrected chi connectivity index (χ0v) is 16.5. The highest BCUT2D eigenvalue weighted by Gasteiger charge is 2.36. The predicted octanol–water partition coefficient (Wildman–Crippen LogP) is 3.96. The maximum atomic E-state index is 13.1. The highest BCUT2D eigenvalue weighted by molar-refractivity contribution is 9.10. The van der Waals surface area contributed by atoms with E-state index in [1.54, 1.807) is 42.5 Å². The Balaban J connectivity index is 1.85. The molecule has 28 heavy (non-hydrogen) atoms. The van der Waals surface area contributed by atoms with E-state index in [2.05, 4.69) is 27.8 Å². The summed E-state index contributed by atoms with van der Waals surface area (Å²) in [7, 11) is 1.53. The molecule has 142 valence electrons. The Kier molecular flexibility index (Phi) is 4.68. The lowest BCUT2D eigenvalue weighted by molar-refractivity contribution is 0.0938. The second-order valence-electron chi connectivity index (χ2n) is 6.23. The molecule has 0 aliphatic carbocycles. The molecule has 4 rings (SSSR count). The number of fused-ring (bicyclic) bond motifs is 2. The first kappa shape index (κ1) is 18.3. The van der Waals surface area contributed by atoms with E-state index in [9.17, 15) is 9.59 Å². The first-order valence-corrected chi connectivity index (χ1v) is 9.31. The molecule has 1 amide bonds. The summed E-state index contributed by atoms with van der Waals surface area (Å²) in [5, 5.41) is 3.23. The average Bonchev–Trinajstić information content (AvgIpc) is 3.03. The highest BCUT2D eigenvalue weighted by Crippen LogP contribution is 2.36. The van der Waals surface area contributed by atoms with Gasteiger partial charge in [0.25, 0.3) is 5.91 Å². The molecule has 2 aromatic carbocycles. The summed E-state index contributed by atoms with van der Waals surface area (Å²) in [6, 6.07) is 9.74. The van der Waals surface area contributed by atoms with Gasteiger partial charge in [0.2, 0.25) is 5.76 Å². The Bertz CT molecular complexity index is 1170. The average molecular weight is 442 g/mol. The molecule has 3 aromatic rings. The SMILES string of the molecule is C=CCOc1ccc(C2NC(=O)c3oc4ccc(Br)cc4c(=O)c32)cc1OC. The zero-order chi connectivity index (χ0) is 19.8. The summed E-state index contributed by atoms with van der Waals surface area (Å²) < 4.78 is 17.5. The molecule has 0 saturated heterocycles. The van der Waals surface area contributed by atoms with E-state index in [0.29, 0.717) is 34.6 Å². The van der Waals surface area contributed by atoms with Crippen LogP contribution in [0, 0.1) is 0 Å². The Morgan fingerprint density at radius 3 is 2.79 bits per heavy atom. The van der Waals surface area contributed by atoms with Gasteiger partial charge in [0, 0.05) is 4.47 Å². The van der Waals surface area contributed by atoms with Crippen molar-refractivity contribution < 1.29 is 18.7 Å². The van der Waals surface area contributed by atoms with E-state index in [4.69, 9.17) is 13.9 Å². The normalized spacial score (nSPS) is 15.2. The van der Waals surface area contributed by atoms with Crippen molar-refractivity contribution in [1.29, 1.82) is 0 Å². The Hall–Kier alpha value is -3.06. The molecule has 0 saturated carbocycles. The Morgan fingerprint density at radius 1 is 1.21 bits per heavy atom. The number of carbonyl (C=O) groups excluding carboxylic acids is 1. The van der Waals surface area contributed by atoms with Gasteiger partial charge in [-0.1, -0.05) is 34.7 Å². The van der Waals surface area contributed by atoms with E-state index < -0.39 is 11.9 Å². The number of benzene rings is 2. The summed E-state index contributed by atoms with van der Waals surface area (Å²) >= 11 is 3.37. The van der Waals surface area contributed by atoms with Crippen molar-refractivity contribution in [2.24, 2.45) is 0 Å². The lowest BCUT2D eigenvalue weighted by Gasteiger charge is -2.15. The number of hydrogen-bond donors (Lipinski definition) is 1. The van der Waals surface area contributed by atoms with Gasteiger partial charge in [-0.3, -0.25) is 9.59 Å². The van der Waals surface area contributed by atoms with E-state index in [-0.39, 0.29) is 16.8 Å². The van der Waals surface area contributed by atoms with E-state index in [1.165, 1.54) is 7.11 Å². The number of halogens is 1. The zero-order valence-electron chi connectivity index (χ0n) is 15.0. The smallest absolute Gasteiger partial charge is 0.288 e. The summed E-state index contributed by atoms with van der Waals surface area (Å²) in [4.78, 5) is 25.6. The molecule has 1 aliphatic heterocycles. The molecule has 1 unspecified atom stereocenters. The van der Waals surface area contributed by atoms with Crippen molar-refractivity contribution in [1.82, 2.24) is 5.32 Å². The van der Waals surface area contributed by atoms with Crippen LogP contribution in [-0.4, -0.2) is 19.6 Å². The topological polar surface area (TPSA) is 77.8 Å². The molecule has 0 spiro atoms. The van der Waals surface area contributed by atoms with Crippen LogP contribution < -0.4 is 20.2 Å². The van der Waals surface area contributed by atoms with Crippen LogP contribution in [-0.2, 0) is 0 Å². The molecule has 1 aliphatic rings.